The summed E-state index contributed by atoms with van der Waals surface area (Å²) in [7, 11) is 0. The molecule has 1 atom stereocenters. The molecule has 0 aliphatic heterocycles. The lowest BCUT2D eigenvalue weighted by molar-refractivity contribution is 0.116. The molecule has 0 amide bonds. The van der Waals surface area contributed by atoms with Gasteiger partial charge in [0.15, 0.2) is 0 Å². The van der Waals surface area contributed by atoms with Crippen molar-refractivity contribution in [3.63, 3.8) is 0 Å². The number of benzene rings is 1. The third-order valence-corrected chi connectivity index (χ3v) is 4.33. The first-order chi connectivity index (χ1) is 11.3. The van der Waals surface area contributed by atoms with Gasteiger partial charge in [-0.1, -0.05) is 88.6 Å². The zero-order valence-corrected chi connectivity index (χ0v) is 15.0. The Kier molecular flexibility index (Phi) is 12.9. The lowest BCUT2D eigenvalue weighted by Crippen LogP contribution is -2.05. The molecule has 2 nitrogen and oxygen atoms in total. The van der Waals surface area contributed by atoms with Crippen molar-refractivity contribution in [1.82, 2.24) is 0 Å². The summed E-state index contributed by atoms with van der Waals surface area (Å²) >= 11 is 0. The summed E-state index contributed by atoms with van der Waals surface area (Å²) in [5.41, 5.74) is 1.25. The van der Waals surface area contributed by atoms with Crippen molar-refractivity contribution in [1.29, 1.82) is 0 Å². The van der Waals surface area contributed by atoms with E-state index >= 15 is 0 Å². The van der Waals surface area contributed by atoms with Gasteiger partial charge < -0.3 is 9.84 Å². The molecule has 0 aliphatic carbocycles. The van der Waals surface area contributed by atoms with Crippen LogP contribution in [0.4, 0.5) is 0 Å². The SMILES string of the molecule is CCCCCC(O)CCCCCCCCOCc1ccccc1. The minimum Gasteiger partial charge on any atom is -0.393 e. The highest BCUT2D eigenvalue weighted by atomic mass is 16.5. The summed E-state index contributed by atoms with van der Waals surface area (Å²) < 4.78 is 5.69. The van der Waals surface area contributed by atoms with Gasteiger partial charge in [0.2, 0.25) is 0 Å². The van der Waals surface area contributed by atoms with Crippen LogP contribution < -0.4 is 0 Å². The number of aliphatic hydroxyl groups is 1. The minimum absolute atomic E-state index is 0.0621. The van der Waals surface area contributed by atoms with Crippen molar-refractivity contribution < 1.29 is 9.84 Å². The van der Waals surface area contributed by atoms with E-state index in [1.165, 1.54) is 56.9 Å². The monoisotopic (exact) mass is 320 g/mol. The molecule has 1 N–H and O–H groups in total. The molecule has 0 heterocycles. The molecular formula is C21H36O2. The van der Waals surface area contributed by atoms with E-state index in [1.807, 2.05) is 6.07 Å². The topological polar surface area (TPSA) is 29.5 Å². The van der Waals surface area contributed by atoms with Crippen molar-refractivity contribution in [3.8, 4) is 0 Å². The van der Waals surface area contributed by atoms with Gasteiger partial charge in [-0.3, -0.25) is 0 Å². The lowest BCUT2D eigenvalue weighted by Gasteiger charge is -2.09. The minimum atomic E-state index is -0.0621. The molecule has 2 heteroatoms. The molecule has 132 valence electrons. The fourth-order valence-corrected chi connectivity index (χ4v) is 2.83. The smallest absolute Gasteiger partial charge is 0.0716 e. The molecule has 0 fully saturated rings. The number of hydrogen-bond donors (Lipinski definition) is 1. The second kappa shape index (κ2) is 14.7. The third kappa shape index (κ3) is 12.3. The number of aliphatic hydroxyl groups excluding tert-OH is 1. The quantitative estimate of drug-likeness (QED) is 0.409. The first-order valence-electron chi connectivity index (χ1n) is 9.62. The van der Waals surface area contributed by atoms with Crippen LogP contribution in [0.3, 0.4) is 0 Å². The Morgan fingerprint density at radius 2 is 1.43 bits per heavy atom. The van der Waals surface area contributed by atoms with Crippen molar-refractivity contribution in [3.05, 3.63) is 35.9 Å². The Bertz CT molecular complexity index is 350. The van der Waals surface area contributed by atoms with E-state index in [4.69, 9.17) is 4.74 Å². The Balaban J connectivity index is 1.79. The van der Waals surface area contributed by atoms with Crippen LogP contribution in [-0.2, 0) is 11.3 Å². The van der Waals surface area contributed by atoms with E-state index in [9.17, 15) is 5.11 Å². The van der Waals surface area contributed by atoms with Gasteiger partial charge in [0.25, 0.3) is 0 Å². The molecular weight excluding hydrogens is 284 g/mol. The first kappa shape index (κ1) is 20.2. The average Bonchev–Trinajstić information content (AvgIpc) is 2.58. The Hall–Kier alpha value is -0.860. The van der Waals surface area contributed by atoms with E-state index in [2.05, 4.69) is 31.2 Å². The van der Waals surface area contributed by atoms with Crippen molar-refractivity contribution in [2.75, 3.05) is 6.61 Å². The zero-order chi connectivity index (χ0) is 16.6. The van der Waals surface area contributed by atoms with Crippen LogP contribution in [0.1, 0.15) is 83.1 Å². The van der Waals surface area contributed by atoms with Gasteiger partial charge in [0.05, 0.1) is 12.7 Å². The lowest BCUT2D eigenvalue weighted by atomic mass is 10.0. The van der Waals surface area contributed by atoms with Gasteiger partial charge in [-0.05, 0) is 24.8 Å². The number of ether oxygens (including phenoxy) is 1. The van der Waals surface area contributed by atoms with Crippen LogP contribution in [0.15, 0.2) is 30.3 Å². The Morgan fingerprint density at radius 1 is 0.826 bits per heavy atom. The second-order valence-electron chi connectivity index (χ2n) is 6.60. The highest BCUT2D eigenvalue weighted by Crippen LogP contribution is 2.12. The third-order valence-electron chi connectivity index (χ3n) is 4.33. The van der Waals surface area contributed by atoms with Gasteiger partial charge >= 0.3 is 0 Å². The average molecular weight is 321 g/mol. The van der Waals surface area contributed by atoms with Crippen LogP contribution in [0.5, 0.6) is 0 Å². The second-order valence-corrected chi connectivity index (χ2v) is 6.60. The molecule has 0 saturated carbocycles. The normalized spacial score (nSPS) is 12.4. The van der Waals surface area contributed by atoms with Gasteiger partial charge in [0.1, 0.15) is 0 Å². The van der Waals surface area contributed by atoms with Crippen molar-refractivity contribution in [2.24, 2.45) is 0 Å². The molecule has 23 heavy (non-hydrogen) atoms. The molecule has 1 rings (SSSR count). The molecule has 0 bridgehead atoms. The number of hydrogen-bond acceptors (Lipinski definition) is 2. The van der Waals surface area contributed by atoms with E-state index in [0.29, 0.717) is 0 Å². The van der Waals surface area contributed by atoms with Crippen LogP contribution in [0.2, 0.25) is 0 Å². The predicted octanol–water partition coefficient (Wildman–Crippen LogP) is 5.88. The highest BCUT2D eigenvalue weighted by Gasteiger charge is 2.03. The standard InChI is InChI=1S/C21H36O2/c1-2-3-9-16-21(22)17-12-6-4-5-7-13-18-23-19-20-14-10-8-11-15-20/h8,10-11,14-15,21-22H,2-7,9,12-13,16-19H2,1H3. The molecule has 1 unspecified atom stereocenters. The summed E-state index contributed by atoms with van der Waals surface area (Å²) in [6.07, 6.45) is 13.0. The van der Waals surface area contributed by atoms with Crippen LogP contribution in [0.25, 0.3) is 0 Å². The van der Waals surface area contributed by atoms with Crippen molar-refractivity contribution >= 4 is 0 Å². The molecule has 0 radical (unpaired) electrons. The van der Waals surface area contributed by atoms with E-state index in [-0.39, 0.29) is 6.10 Å². The van der Waals surface area contributed by atoms with Gasteiger partial charge in [-0.25, -0.2) is 0 Å². The number of unbranched alkanes of at least 4 members (excludes halogenated alkanes) is 7. The number of rotatable bonds is 15. The first-order valence-corrected chi connectivity index (χ1v) is 9.62. The summed E-state index contributed by atoms with van der Waals surface area (Å²) in [6, 6.07) is 10.4. The van der Waals surface area contributed by atoms with Crippen LogP contribution in [-0.4, -0.2) is 17.8 Å². The van der Waals surface area contributed by atoms with Crippen molar-refractivity contribution in [2.45, 2.75) is 90.3 Å². The van der Waals surface area contributed by atoms with Gasteiger partial charge in [0, 0.05) is 6.61 Å². The summed E-state index contributed by atoms with van der Waals surface area (Å²) in [5, 5.41) is 9.85. The largest absolute Gasteiger partial charge is 0.393 e. The maximum atomic E-state index is 9.85. The maximum absolute atomic E-state index is 9.85. The fourth-order valence-electron chi connectivity index (χ4n) is 2.83. The highest BCUT2D eigenvalue weighted by molar-refractivity contribution is 5.13. The Morgan fingerprint density at radius 3 is 2.13 bits per heavy atom. The molecule has 0 aliphatic rings. The van der Waals surface area contributed by atoms with Gasteiger partial charge in [-0.2, -0.15) is 0 Å². The molecule has 1 aromatic rings. The fraction of sp³-hybridized carbons (Fsp3) is 0.714. The summed E-state index contributed by atoms with van der Waals surface area (Å²) in [4.78, 5) is 0. The molecule has 1 aromatic carbocycles. The van der Waals surface area contributed by atoms with E-state index in [0.717, 1.165) is 32.5 Å². The zero-order valence-electron chi connectivity index (χ0n) is 15.0. The maximum Gasteiger partial charge on any atom is 0.0716 e. The summed E-state index contributed by atoms with van der Waals surface area (Å²) in [6.45, 7) is 3.81. The molecule has 0 saturated heterocycles. The van der Waals surface area contributed by atoms with E-state index in [1.54, 1.807) is 0 Å². The molecule has 0 spiro atoms. The van der Waals surface area contributed by atoms with E-state index < -0.39 is 0 Å². The van der Waals surface area contributed by atoms with Crippen LogP contribution >= 0.6 is 0 Å². The molecule has 0 aromatic heterocycles. The summed E-state index contributed by atoms with van der Waals surface area (Å²) in [5.74, 6) is 0. The Labute approximate surface area is 143 Å². The van der Waals surface area contributed by atoms with Gasteiger partial charge in [-0.15, -0.1) is 0 Å². The predicted molar refractivity (Wildman–Crippen MR) is 98.6 cm³/mol. The van der Waals surface area contributed by atoms with Crippen LogP contribution in [0, 0.1) is 0 Å².